The van der Waals surface area contributed by atoms with Gasteiger partial charge < -0.3 is 19.8 Å². The number of rotatable bonds is 3. The van der Waals surface area contributed by atoms with Gasteiger partial charge in [-0.1, -0.05) is 18.2 Å². The first-order chi connectivity index (χ1) is 9.34. The monoisotopic (exact) mass is 277 g/mol. The van der Waals surface area contributed by atoms with Crippen molar-refractivity contribution in [3.05, 3.63) is 29.8 Å². The summed E-state index contributed by atoms with van der Waals surface area (Å²) < 4.78 is 16.7. The molecule has 2 rings (SSSR count). The van der Waals surface area contributed by atoms with Crippen LogP contribution in [-0.2, 0) is 14.0 Å². The van der Waals surface area contributed by atoms with Crippen molar-refractivity contribution in [2.45, 2.75) is 32.0 Å². The minimum atomic E-state index is -0.631. The average Bonchev–Trinajstić information content (AvgIpc) is 2.69. The molecule has 1 aliphatic rings. The number of hydrogen-bond donors (Lipinski definition) is 1. The van der Waals surface area contributed by atoms with Crippen molar-refractivity contribution in [2.75, 3.05) is 13.7 Å². The van der Waals surface area contributed by atoms with Gasteiger partial charge in [0.25, 0.3) is 0 Å². The Labute approximate surface area is 119 Å². The van der Waals surface area contributed by atoms with Crippen LogP contribution in [0.15, 0.2) is 24.3 Å². The zero-order valence-corrected chi connectivity index (χ0v) is 12.3. The van der Waals surface area contributed by atoms with E-state index in [9.17, 15) is 4.79 Å². The third-order valence-corrected chi connectivity index (χ3v) is 4.05. The van der Waals surface area contributed by atoms with Crippen molar-refractivity contribution in [1.29, 1.82) is 0 Å². The van der Waals surface area contributed by atoms with Crippen LogP contribution in [0.25, 0.3) is 0 Å². The predicted octanol–water partition coefficient (Wildman–Crippen LogP) is 0.711. The Morgan fingerprint density at radius 2 is 1.95 bits per heavy atom. The lowest BCUT2D eigenvalue weighted by atomic mass is 9.76. The van der Waals surface area contributed by atoms with Gasteiger partial charge in [-0.2, -0.15) is 0 Å². The molecule has 1 fully saturated rings. The third-order valence-electron chi connectivity index (χ3n) is 4.05. The number of benzene rings is 1. The van der Waals surface area contributed by atoms with E-state index in [4.69, 9.17) is 19.8 Å². The van der Waals surface area contributed by atoms with Gasteiger partial charge in [-0.3, -0.25) is 0 Å². The Morgan fingerprint density at radius 3 is 2.50 bits per heavy atom. The van der Waals surface area contributed by atoms with Crippen LogP contribution in [0.4, 0.5) is 0 Å². The van der Waals surface area contributed by atoms with Gasteiger partial charge in [0.2, 0.25) is 0 Å². The summed E-state index contributed by atoms with van der Waals surface area (Å²) in [7, 11) is 0.720. The van der Waals surface area contributed by atoms with Crippen molar-refractivity contribution in [3.8, 4) is 0 Å². The van der Waals surface area contributed by atoms with Gasteiger partial charge in [0.05, 0.1) is 23.9 Å². The van der Waals surface area contributed by atoms with Gasteiger partial charge in [0.15, 0.2) is 0 Å². The van der Waals surface area contributed by atoms with Crippen LogP contribution in [0.1, 0.15) is 31.1 Å². The van der Waals surface area contributed by atoms with E-state index in [-0.39, 0.29) is 0 Å². The van der Waals surface area contributed by atoms with Crippen LogP contribution in [0.3, 0.4) is 0 Å². The van der Waals surface area contributed by atoms with Crippen LogP contribution < -0.4 is 11.2 Å². The largest absolute Gasteiger partial charge is 0.495 e. The number of hydrogen-bond acceptors (Lipinski definition) is 5. The lowest BCUT2D eigenvalue weighted by Crippen LogP contribution is -2.50. The molecule has 0 aromatic heterocycles. The summed E-state index contributed by atoms with van der Waals surface area (Å²) in [5.41, 5.74) is 5.75. The van der Waals surface area contributed by atoms with E-state index in [1.54, 1.807) is 18.2 Å². The van der Waals surface area contributed by atoms with Gasteiger partial charge in [0.1, 0.15) is 0 Å². The molecule has 2 N–H and O–H groups in total. The maximum atomic E-state index is 11.8. The van der Waals surface area contributed by atoms with Gasteiger partial charge in [-0.25, -0.2) is 4.79 Å². The van der Waals surface area contributed by atoms with Gasteiger partial charge in [-0.05, 0) is 32.3 Å². The van der Waals surface area contributed by atoms with Gasteiger partial charge in [0, 0.05) is 6.54 Å². The Bertz CT molecular complexity index is 520. The van der Waals surface area contributed by atoms with Crippen molar-refractivity contribution < 1.29 is 18.8 Å². The Hall–Kier alpha value is -1.37. The molecule has 1 atom stereocenters. The molecule has 0 amide bonds. The molecule has 1 aromatic rings. The van der Waals surface area contributed by atoms with Gasteiger partial charge in [-0.15, -0.1) is 0 Å². The summed E-state index contributed by atoms with van der Waals surface area (Å²) in [5.74, 6) is -0.410. The highest BCUT2D eigenvalue weighted by Crippen LogP contribution is 2.36. The summed E-state index contributed by atoms with van der Waals surface area (Å²) in [4.78, 5) is 11.8. The van der Waals surface area contributed by atoms with Crippen molar-refractivity contribution >= 4 is 18.6 Å². The highest BCUT2D eigenvalue weighted by molar-refractivity contribution is 6.63. The molecule has 1 heterocycles. The maximum Gasteiger partial charge on any atom is 0.495 e. The molecule has 0 spiro atoms. The standard InChI is InChI=1S/C14H20BNO4/c1-13(2)14(3,9-16)20-15(19-13)11-8-6-5-7-10(11)12(17)18-4/h5-8H,9,16H2,1-4H3. The number of methoxy groups -OCH3 is 1. The van der Waals surface area contributed by atoms with Crippen LogP contribution in [0.5, 0.6) is 0 Å². The van der Waals surface area contributed by atoms with E-state index >= 15 is 0 Å². The second-order valence-electron chi connectivity index (χ2n) is 5.59. The van der Waals surface area contributed by atoms with E-state index in [2.05, 4.69) is 0 Å². The molecule has 0 radical (unpaired) electrons. The molecule has 1 aromatic carbocycles. The Morgan fingerprint density at radius 1 is 1.30 bits per heavy atom. The maximum absolute atomic E-state index is 11.8. The second-order valence-corrected chi connectivity index (χ2v) is 5.59. The summed E-state index contributed by atoms with van der Waals surface area (Å²) in [6, 6.07) is 7.10. The SMILES string of the molecule is COC(=O)c1ccccc1B1OC(C)(C)C(C)(CN)O1. The number of nitrogens with two attached hydrogens (primary N) is 1. The smallest absolute Gasteiger partial charge is 0.465 e. The molecule has 20 heavy (non-hydrogen) atoms. The summed E-state index contributed by atoms with van der Waals surface area (Å²) in [5, 5.41) is 0. The number of ether oxygens (including phenoxy) is 1. The molecule has 108 valence electrons. The normalized spacial score (nSPS) is 24.8. The molecule has 1 unspecified atom stereocenters. The molecule has 0 saturated carbocycles. The van der Waals surface area contributed by atoms with E-state index in [0.29, 0.717) is 17.6 Å². The van der Waals surface area contributed by atoms with Crippen molar-refractivity contribution in [2.24, 2.45) is 5.73 Å². The molecule has 6 heteroatoms. The minimum absolute atomic E-state index is 0.330. The lowest BCUT2D eigenvalue weighted by molar-refractivity contribution is -0.00187. The number of carbonyl (C=O) groups is 1. The van der Waals surface area contributed by atoms with E-state index in [0.717, 1.165) is 0 Å². The summed E-state index contributed by atoms with van der Waals surface area (Å²) in [6.45, 7) is 6.10. The van der Waals surface area contributed by atoms with E-state index in [1.165, 1.54) is 7.11 Å². The molecule has 0 aliphatic carbocycles. The molecular formula is C14H20BNO4. The molecular weight excluding hydrogens is 257 g/mol. The first kappa shape index (κ1) is 15.0. The zero-order valence-electron chi connectivity index (χ0n) is 12.3. The molecule has 0 bridgehead atoms. The fraction of sp³-hybridized carbons (Fsp3) is 0.500. The first-order valence-electron chi connectivity index (χ1n) is 6.57. The van der Waals surface area contributed by atoms with E-state index < -0.39 is 24.3 Å². The first-order valence-corrected chi connectivity index (χ1v) is 6.57. The van der Waals surface area contributed by atoms with Crippen molar-refractivity contribution in [3.63, 3.8) is 0 Å². The fourth-order valence-electron chi connectivity index (χ4n) is 2.21. The third kappa shape index (κ3) is 2.35. The Balaban J connectivity index is 2.38. The Kier molecular flexibility index (Phi) is 3.91. The number of carbonyl (C=O) groups excluding carboxylic acids is 1. The summed E-state index contributed by atoms with van der Waals surface area (Å²) >= 11 is 0. The van der Waals surface area contributed by atoms with Crippen LogP contribution in [0.2, 0.25) is 0 Å². The molecule has 1 saturated heterocycles. The fourth-order valence-corrected chi connectivity index (χ4v) is 2.21. The molecule has 1 aliphatic heterocycles. The van der Waals surface area contributed by atoms with Crippen LogP contribution in [0, 0.1) is 0 Å². The second kappa shape index (κ2) is 5.20. The van der Waals surface area contributed by atoms with Crippen molar-refractivity contribution in [1.82, 2.24) is 0 Å². The van der Waals surface area contributed by atoms with Crippen LogP contribution in [-0.4, -0.2) is 37.9 Å². The lowest BCUT2D eigenvalue weighted by Gasteiger charge is -2.35. The highest BCUT2D eigenvalue weighted by atomic mass is 16.7. The molecule has 5 nitrogen and oxygen atoms in total. The quantitative estimate of drug-likeness (QED) is 0.651. The number of esters is 1. The zero-order chi connectivity index (χ0) is 15.0. The minimum Gasteiger partial charge on any atom is -0.465 e. The van der Waals surface area contributed by atoms with E-state index in [1.807, 2.05) is 26.8 Å². The average molecular weight is 277 g/mol. The highest BCUT2D eigenvalue weighted by Gasteiger charge is 2.54. The predicted molar refractivity (Wildman–Crippen MR) is 76.9 cm³/mol. The summed E-state index contributed by atoms with van der Waals surface area (Å²) in [6.07, 6.45) is 0. The van der Waals surface area contributed by atoms with Gasteiger partial charge >= 0.3 is 13.1 Å². The topological polar surface area (TPSA) is 70.8 Å². The van der Waals surface area contributed by atoms with Crippen LogP contribution >= 0.6 is 0 Å².